The van der Waals surface area contributed by atoms with Gasteiger partial charge in [-0.3, -0.25) is 0 Å². The molecule has 0 saturated heterocycles. The van der Waals surface area contributed by atoms with Gasteiger partial charge in [0.2, 0.25) is 5.95 Å². The number of rotatable bonds is 5. The largest absolute Gasteiger partial charge is 0.356 e. The third-order valence-corrected chi connectivity index (χ3v) is 3.70. The summed E-state index contributed by atoms with van der Waals surface area (Å²) in [6.07, 6.45) is 6.85. The van der Waals surface area contributed by atoms with Crippen LogP contribution in [0.5, 0.6) is 0 Å². The van der Waals surface area contributed by atoms with E-state index >= 15 is 0 Å². The first-order valence-electron chi connectivity index (χ1n) is 5.91. The molecule has 1 N–H and O–H groups in total. The average Bonchev–Trinajstić information content (AvgIpc) is 2.94. The Balaban J connectivity index is 2.18. The van der Waals surface area contributed by atoms with Crippen LogP contribution in [0.25, 0.3) is 0 Å². The maximum Gasteiger partial charge on any atom is 0.203 e. The van der Waals surface area contributed by atoms with Crippen molar-refractivity contribution in [1.82, 2.24) is 14.5 Å². The van der Waals surface area contributed by atoms with Gasteiger partial charge in [0.05, 0.1) is 6.04 Å². The monoisotopic (exact) mass is 250 g/mol. The first-order chi connectivity index (χ1) is 8.22. The number of nitrogens with one attached hydrogen (secondary N) is 1. The molecule has 1 atom stereocenters. The average molecular weight is 250 g/mol. The van der Waals surface area contributed by atoms with Crippen LogP contribution in [0.3, 0.4) is 0 Å². The summed E-state index contributed by atoms with van der Waals surface area (Å²) in [4.78, 5) is 10.0. The lowest BCUT2D eigenvalue weighted by Crippen LogP contribution is -2.12. The predicted octanol–water partition coefficient (Wildman–Crippen LogP) is 3.08. The molecule has 0 saturated carbocycles. The molecule has 2 rings (SSSR count). The van der Waals surface area contributed by atoms with Crippen LogP contribution < -0.4 is 5.32 Å². The number of hydrogen-bond donors (Lipinski definition) is 1. The lowest BCUT2D eigenvalue weighted by Gasteiger charge is -2.14. The summed E-state index contributed by atoms with van der Waals surface area (Å²) in [6, 6.07) is 0.232. The molecule has 4 nitrogen and oxygen atoms in total. The van der Waals surface area contributed by atoms with Crippen LogP contribution in [0.2, 0.25) is 0 Å². The summed E-state index contributed by atoms with van der Waals surface area (Å²) in [7, 11) is 0. The molecule has 0 aliphatic rings. The van der Waals surface area contributed by atoms with Gasteiger partial charge in [-0.15, -0.1) is 11.3 Å². The standard InChI is InChI=1S/C12H18N4S/c1-4-5-13-12-14-6-7-16(12)10(3)11-15-8-9(2)17-11/h6-8,10H,4-5H2,1-3H3,(H,13,14). The molecule has 0 radical (unpaired) electrons. The van der Waals surface area contributed by atoms with Crippen molar-refractivity contribution in [1.29, 1.82) is 0 Å². The normalized spacial score (nSPS) is 12.6. The second-order valence-corrected chi connectivity index (χ2v) is 5.34. The zero-order valence-corrected chi connectivity index (χ0v) is 11.3. The van der Waals surface area contributed by atoms with Crippen molar-refractivity contribution in [2.75, 3.05) is 11.9 Å². The molecule has 2 aromatic rings. The molecule has 0 aliphatic carbocycles. The minimum Gasteiger partial charge on any atom is -0.356 e. The first kappa shape index (κ1) is 12.1. The Morgan fingerprint density at radius 1 is 1.47 bits per heavy atom. The summed E-state index contributed by atoms with van der Waals surface area (Å²) >= 11 is 1.74. The summed E-state index contributed by atoms with van der Waals surface area (Å²) in [5.74, 6) is 0.923. The number of aryl methyl sites for hydroxylation is 1. The highest BCUT2D eigenvalue weighted by Gasteiger charge is 2.14. The molecule has 0 aliphatic heterocycles. The molecule has 5 heteroatoms. The van der Waals surface area contributed by atoms with Gasteiger partial charge in [0.25, 0.3) is 0 Å². The van der Waals surface area contributed by atoms with E-state index in [0.717, 1.165) is 23.9 Å². The van der Waals surface area contributed by atoms with Gasteiger partial charge in [-0.1, -0.05) is 6.92 Å². The van der Waals surface area contributed by atoms with Crippen LogP contribution >= 0.6 is 11.3 Å². The van der Waals surface area contributed by atoms with Crippen LogP contribution in [0.15, 0.2) is 18.6 Å². The zero-order valence-electron chi connectivity index (χ0n) is 10.5. The third kappa shape index (κ3) is 2.66. The molecule has 92 valence electrons. The molecule has 2 aromatic heterocycles. The molecule has 0 amide bonds. The molecule has 0 fully saturated rings. The molecule has 1 unspecified atom stereocenters. The molecule has 0 bridgehead atoms. The third-order valence-electron chi connectivity index (χ3n) is 2.62. The van der Waals surface area contributed by atoms with Crippen molar-refractivity contribution in [3.05, 3.63) is 28.5 Å². The smallest absolute Gasteiger partial charge is 0.203 e. The van der Waals surface area contributed by atoms with Crippen molar-refractivity contribution in [3.63, 3.8) is 0 Å². The van der Waals surface area contributed by atoms with Gasteiger partial charge in [0.1, 0.15) is 5.01 Å². The van der Waals surface area contributed by atoms with Crippen molar-refractivity contribution in [2.24, 2.45) is 0 Å². The zero-order chi connectivity index (χ0) is 12.3. The van der Waals surface area contributed by atoms with Gasteiger partial charge in [-0.25, -0.2) is 9.97 Å². The number of imidazole rings is 1. The molecule has 0 aromatic carbocycles. The van der Waals surface area contributed by atoms with Gasteiger partial charge in [-0.2, -0.15) is 0 Å². The van der Waals surface area contributed by atoms with Crippen LogP contribution in [0, 0.1) is 6.92 Å². The maximum absolute atomic E-state index is 4.44. The molecular weight excluding hydrogens is 232 g/mol. The van der Waals surface area contributed by atoms with Gasteiger partial charge < -0.3 is 9.88 Å². The Kier molecular flexibility index (Phi) is 3.78. The Morgan fingerprint density at radius 3 is 2.94 bits per heavy atom. The van der Waals surface area contributed by atoms with E-state index < -0.39 is 0 Å². The van der Waals surface area contributed by atoms with E-state index in [-0.39, 0.29) is 6.04 Å². The van der Waals surface area contributed by atoms with Crippen molar-refractivity contribution in [2.45, 2.75) is 33.2 Å². The quantitative estimate of drug-likeness (QED) is 0.886. The fraction of sp³-hybridized carbons (Fsp3) is 0.500. The number of nitrogens with zero attached hydrogens (tertiary/aromatic N) is 3. The fourth-order valence-corrected chi connectivity index (χ4v) is 2.51. The van der Waals surface area contributed by atoms with Gasteiger partial charge >= 0.3 is 0 Å². The number of hydrogen-bond acceptors (Lipinski definition) is 4. The van der Waals surface area contributed by atoms with Crippen LogP contribution in [-0.2, 0) is 0 Å². The minimum absolute atomic E-state index is 0.232. The highest BCUT2D eigenvalue weighted by molar-refractivity contribution is 7.11. The van der Waals surface area contributed by atoms with Gasteiger partial charge in [0, 0.05) is 30.0 Å². The van der Waals surface area contributed by atoms with E-state index in [0.29, 0.717) is 0 Å². The summed E-state index contributed by atoms with van der Waals surface area (Å²) < 4.78 is 2.13. The van der Waals surface area contributed by atoms with Gasteiger partial charge in [-0.05, 0) is 20.3 Å². The van der Waals surface area contributed by atoms with E-state index in [9.17, 15) is 0 Å². The molecule has 17 heavy (non-hydrogen) atoms. The van der Waals surface area contributed by atoms with Crippen LogP contribution in [-0.4, -0.2) is 21.1 Å². The highest BCUT2D eigenvalue weighted by Crippen LogP contribution is 2.25. The Hall–Kier alpha value is -1.36. The lowest BCUT2D eigenvalue weighted by molar-refractivity contribution is 0.638. The molecular formula is C12H18N4S. The summed E-state index contributed by atoms with van der Waals surface area (Å²) in [6.45, 7) is 7.32. The minimum atomic E-state index is 0.232. The van der Waals surface area contributed by atoms with Gasteiger partial charge in [0.15, 0.2) is 0 Å². The molecule has 0 spiro atoms. The van der Waals surface area contributed by atoms with E-state index in [4.69, 9.17) is 0 Å². The van der Waals surface area contributed by atoms with Crippen molar-refractivity contribution < 1.29 is 0 Å². The lowest BCUT2D eigenvalue weighted by atomic mass is 10.3. The maximum atomic E-state index is 4.44. The summed E-state index contributed by atoms with van der Waals surface area (Å²) in [5, 5.41) is 4.45. The number of aromatic nitrogens is 3. The van der Waals surface area contributed by atoms with E-state index in [1.807, 2.05) is 18.6 Å². The highest BCUT2D eigenvalue weighted by atomic mass is 32.1. The van der Waals surface area contributed by atoms with Crippen molar-refractivity contribution in [3.8, 4) is 0 Å². The fourth-order valence-electron chi connectivity index (χ4n) is 1.68. The number of thiazole rings is 1. The summed E-state index contributed by atoms with van der Waals surface area (Å²) in [5.41, 5.74) is 0. The first-order valence-corrected chi connectivity index (χ1v) is 6.73. The van der Waals surface area contributed by atoms with E-state index in [1.54, 1.807) is 11.3 Å². The van der Waals surface area contributed by atoms with Crippen LogP contribution in [0.1, 0.15) is 36.2 Å². The Bertz CT molecular complexity index is 474. The van der Waals surface area contributed by atoms with E-state index in [2.05, 4.69) is 40.6 Å². The van der Waals surface area contributed by atoms with Crippen LogP contribution in [0.4, 0.5) is 5.95 Å². The Labute approximate surface area is 106 Å². The second kappa shape index (κ2) is 5.31. The Morgan fingerprint density at radius 2 is 2.29 bits per heavy atom. The van der Waals surface area contributed by atoms with E-state index in [1.165, 1.54) is 4.88 Å². The van der Waals surface area contributed by atoms with Crippen molar-refractivity contribution >= 4 is 17.3 Å². The number of anilines is 1. The second-order valence-electron chi connectivity index (χ2n) is 4.07. The molecule has 2 heterocycles. The topological polar surface area (TPSA) is 42.7 Å². The SMILES string of the molecule is CCCNc1nccn1C(C)c1ncc(C)s1. The predicted molar refractivity (Wildman–Crippen MR) is 71.7 cm³/mol.